The van der Waals surface area contributed by atoms with Crippen LogP contribution in [-0.4, -0.2) is 90.4 Å². The highest BCUT2D eigenvalue weighted by atomic mass is 16.6. The number of piperazine rings is 1. The maximum atomic E-state index is 10.6. The first kappa shape index (κ1) is 28.4. The van der Waals surface area contributed by atoms with E-state index in [1.165, 1.54) is 37.0 Å². The molecule has 0 aromatic rings. The van der Waals surface area contributed by atoms with Crippen LogP contribution in [0.4, 0.5) is 0 Å². The molecule has 216 valence electrons. The molecule has 5 rings (SSSR count). The van der Waals surface area contributed by atoms with Gasteiger partial charge in [0.1, 0.15) is 25.4 Å². The summed E-state index contributed by atoms with van der Waals surface area (Å²) in [5.74, 6) is 1.47. The predicted octanol–water partition coefficient (Wildman–Crippen LogP) is 4.29. The van der Waals surface area contributed by atoms with Gasteiger partial charge in [-0.1, -0.05) is 46.7 Å². The van der Waals surface area contributed by atoms with Gasteiger partial charge in [-0.15, -0.1) is 0 Å². The summed E-state index contributed by atoms with van der Waals surface area (Å²) in [6.45, 7) is 19.6. The van der Waals surface area contributed by atoms with Gasteiger partial charge in [-0.2, -0.15) is 0 Å². The number of ether oxygens (including phenoxy) is 1. The van der Waals surface area contributed by atoms with Crippen molar-refractivity contribution in [3.8, 4) is 0 Å². The Labute approximate surface area is 230 Å². The van der Waals surface area contributed by atoms with Gasteiger partial charge in [0.2, 0.25) is 0 Å². The second kappa shape index (κ2) is 10.4. The minimum Gasteiger partial charge on any atom is -0.498 e. The third-order valence-electron chi connectivity index (χ3n) is 12.5. The van der Waals surface area contributed by atoms with Crippen LogP contribution in [0, 0.1) is 33.5 Å². The average Bonchev–Trinajstić information content (AvgIpc) is 3.37. The number of rotatable bonds is 10. The number of nitrogens with zero attached hydrogens (tertiary/aromatic N) is 3. The Kier molecular flexibility index (Phi) is 7.73. The van der Waals surface area contributed by atoms with Crippen molar-refractivity contribution in [3.05, 3.63) is 11.8 Å². The number of hydrogen-bond donors (Lipinski definition) is 2. The number of allylic oxidation sites excluding steroid dienone is 1. The Morgan fingerprint density at radius 2 is 1.34 bits per heavy atom. The van der Waals surface area contributed by atoms with Gasteiger partial charge in [-0.3, -0.25) is 9.80 Å². The van der Waals surface area contributed by atoms with Crippen molar-refractivity contribution in [2.75, 3.05) is 52.5 Å². The van der Waals surface area contributed by atoms with E-state index in [-0.39, 0.29) is 22.9 Å². The second-order valence-electron chi connectivity index (χ2n) is 14.7. The molecular formula is C31H53N3O4. The first-order valence-corrected chi connectivity index (χ1v) is 15.2. The van der Waals surface area contributed by atoms with Crippen LogP contribution in [0.2, 0.25) is 0 Å². The molecule has 5 aliphatic rings. The third-order valence-corrected chi connectivity index (χ3v) is 12.5. The summed E-state index contributed by atoms with van der Waals surface area (Å²) in [5, 5.41) is 25.6. The number of fused-ring (bicyclic) bond motifs is 4. The minimum absolute atomic E-state index is 0.136. The second-order valence-corrected chi connectivity index (χ2v) is 14.7. The van der Waals surface area contributed by atoms with Crippen molar-refractivity contribution < 1.29 is 19.8 Å². The van der Waals surface area contributed by atoms with Crippen LogP contribution in [0.25, 0.3) is 0 Å². The summed E-state index contributed by atoms with van der Waals surface area (Å²) in [5.41, 5.74) is 3.63. The van der Waals surface area contributed by atoms with E-state index in [1.807, 2.05) is 6.26 Å². The topological polar surface area (TPSA) is 77.8 Å². The summed E-state index contributed by atoms with van der Waals surface area (Å²) < 4.78 is 5.91. The van der Waals surface area contributed by atoms with Gasteiger partial charge in [0.25, 0.3) is 0 Å². The Bertz CT molecular complexity index is 850. The van der Waals surface area contributed by atoms with Crippen LogP contribution in [0.15, 0.2) is 17.0 Å². The fourth-order valence-electron chi connectivity index (χ4n) is 8.58. The summed E-state index contributed by atoms with van der Waals surface area (Å²) >= 11 is 0. The third kappa shape index (κ3) is 4.84. The lowest BCUT2D eigenvalue weighted by atomic mass is 9.69. The monoisotopic (exact) mass is 531 g/mol. The molecule has 7 heteroatoms. The molecule has 2 N–H and O–H groups in total. The highest BCUT2D eigenvalue weighted by Crippen LogP contribution is 2.68. The Hall–Kier alpha value is -1.15. The zero-order valence-electron chi connectivity index (χ0n) is 24.8. The summed E-state index contributed by atoms with van der Waals surface area (Å²) in [6, 6.07) is 0. The number of aliphatic hydroxyl groups is 2. The molecule has 7 nitrogen and oxygen atoms in total. The van der Waals surface area contributed by atoms with Gasteiger partial charge < -0.3 is 19.8 Å². The Morgan fingerprint density at radius 1 is 0.816 bits per heavy atom. The number of oxime groups is 1. The number of β-amino-alcohol motifs (C(OH)–C–C–N with tert-alkyl or cyclic N) is 2. The Balaban J connectivity index is 0.977. The van der Waals surface area contributed by atoms with Crippen LogP contribution >= 0.6 is 0 Å². The van der Waals surface area contributed by atoms with Crippen molar-refractivity contribution >= 4 is 5.71 Å². The van der Waals surface area contributed by atoms with E-state index in [0.29, 0.717) is 31.0 Å². The van der Waals surface area contributed by atoms with Gasteiger partial charge in [0.05, 0.1) is 12.0 Å². The zero-order valence-corrected chi connectivity index (χ0v) is 24.8. The fourth-order valence-corrected chi connectivity index (χ4v) is 8.58. The molecule has 1 heterocycles. The molecule has 0 radical (unpaired) electrons. The van der Waals surface area contributed by atoms with Crippen LogP contribution in [0.1, 0.15) is 80.1 Å². The lowest BCUT2D eigenvalue weighted by Crippen LogP contribution is -2.51. The van der Waals surface area contributed by atoms with E-state index >= 15 is 0 Å². The van der Waals surface area contributed by atoms with Gasteiger partial charge in [0, 0.05) is 44.7 Å². The lowest BCUT2D eigenvalue weighted by Gasteiger charge is -2.36. The molecule has 4 aliphatic carbocycles. The van der Waals surface area contributed by atoms with Gasteiger partial charge in [0.15, 0.2) is 0 Å². The van der Waals surface area contributed by atoms with E-state index in [4.69, 9.17) is 9.57 Å². The van der Waals surface area contributed by atoms with Gasteiger partial charge in [-0.25, -0.2) is 0 Å². The standard InChI is InChI=1S/C31H53N3O4/c1-28(2)22-7-9-30(28,5)24(15-22)19-37-20-25(35)17-33-11-13-34(14-12-33)18-26(36)21-38-32-27-16-23-8-10-31(27,6)29(23,3)4/h19,22-23,25-26,35-36H,7-18,20-21H2,1-6H3/b24-19+,32-27-/t22-,23+,25+,26-,30+,31+/m0/s1. The normalized spacial score (nSPS) is 39.8. The molecule has 5 fully saturated rings. The van der Waals surface area contributed by atoms with E-state index in [0.717, 1.165) is 44.9 Å². The predicted molar refractivity (Wildman–Crippen MR) is 151 cm³/mol. The molecular weight excluding hydrogens is 478 g/mol. The maximum Gasteiger partial charge on any atom is 0.144 e. The molecule has 1 saturated heterocycles. The van der Waals surface area contributed by atoms with Crippen molar-refractivity contribution in [2.45, 2.75) is 92.3 Å². The molecule has 0 aromatic carbocycles. The first-order valence-electron chi connectivity index (χ1n) is 15.2. The van der Waals surface area contributed by atoms with E-state index in [9.17, 15) is 10.2 Å². The van der Waals surface area contributed by atoms with Crippen LogP contribution in [0.3, 0.4) is 0 Å². The van der Waals surface area contributed by atoms with Crippen LogP contribution in [0.5, 0.6) is 0 Å². The first-order chi connectivity index (χ1) is 17.9. The smallest absolute Gasteiger partial charge is 0.144 e. The molecule has 38 heavy (non-hydrogen) atoms. The maximum absolute atomic E-state index is 10.6. The molecule has 0 unspecified atom stereocenters. The van der Waals surface area contributed by atoms with E-state index in [2.05, 4.69) is 56.5 Å². The Morgan fingerprint density at radius 3 is 1.82 bits per heavy atom. The highest BCUT2D eigenvalue weighted by Gasteiger charge is 2.60. The van der Waals surface area contributed by atoms with Crippen molar-refractivity contribution in [1.82, 2.24) is 9.80 Å². The molecule has 1 aliphatic heterocycles. The van der Waals surface area contributed by atoms with Crippen LogP contribution < -0.4 is 0 Å². The number of hydrogen-bond acceptors (Lipinski definition) is 7. The largest absolute Gasteiger partial charge is 0.498 e. The van der Waals surface area contributed by atoms with E-state index < -0.39 is 12.2 Å². The number of aliphatic hydroxyl groups excluding tert-OH is 2. The van der Waals surface area contributed by atoms with Crippen molar-refractivity contribution in [1.29, 1.82) is 0 Å². The fraction of sp³-hybridized carbons (Fsp3) is 0.903. The molecule has 0 aromatic heterocycles. The SMILES string of the molecule is CC1(C)[C@@H]2CC[C@]1(C)/C(=N\OC[C@@H](O)CN1CCN(C[C@@H](O)CO/C=C3\C[C@@H]4CC[C@@]3(C)C4(C)C)CC1)C2. The minimum atomic E-state index is -0.546. The summed E-state index contributed by atoms with van der Waals surface area (Å²) in [7, 11) is 0. The highest BCUT2D eigenvalue weighted by molar-refractivity contribution is 5.93. The van der Waals surface area contributed by atoms with Crippen molar-refractivity contribution in [3.63, 3.8) is 0 Å². The quantitative estimate of drug-likeness (QED) is 0.324. The molecule has 6 atom stereocenters. The summed E-state index contributed by atoms with van der Waals surface area (Å²) in [6.07, 6.45) is 8.16. The lowest BCUT2D eigenvalue weighted by molar-refractivity contribution is -0.00100. The molecule has 4 bridgehead atoms. The zero-order chi connectivity index (χ0) is 27.3. The summed E-state index contributed by atoms with van der Waals surface area (Å²) in [4.78, 5) is 10.2. The average molecular weight is 532 g/mol. The molecule has 0 spiro atoms. The molecule has 4 saturated carbocycles. The van der Waals surface area contributed by atoms with E-state index in [1.54, 1.807) is 0 Å². The van der Waals surface area contributed by atoms with Crippen molar-refractivity contribution in [2.24, 2.45) is 38.7 Å². The van der Waals surface area contributed by atoms with Crippen LogP contribution in [-0.2, 0) is 9.57 Å². The van der Waals surface area contributed by atoms with Gasteiger partial charge in [-0.05, 0) is 72.2 Å². The van der Waals surface area contributed by atoms with Gasteiger partial charge >= 0.3 is 0 Å². The molecule has 0 amide bonds.